The maximum Gasteiger partial charge on any atom is 0.230 e. The van der Waals surface area contributed by atoms with Crippen LogP contribution < -0.4 is 11.1 Å². The van der Waals surface area contributed by atoms with Gasteiger partial charge in [0, 0.05) is 32.6 Å². The molecular formula is C13H23N3O2. The molecule has 2 aliphatic rings. The molecule has 5 heteroatoms. The van der Waals surface area contributed by atoms with E-state index >= 15 is 0 Å². The van der Waals surface area contributed by atoms with E-state index in [9.17, 15) is 9.59 Å². The summed E-state index contributed by atoms with van der Waals surface area (Å²) < 4.78 is 0. The molecular weight excluding hydrogens is 230 g/mol. The van der Waals surface area contributed by atoms with Gasteiger partial charge in [-0.1, -0.05) is 6.42 Å². The third-order valence-electron chi connectivity index (χ3n) is 4.27. The number of nitrogens with zero attached hydrogens (tertiary/aromatic N) is 1. The number of carbonyl (C=O) groups is 2. The SMILES string of the molecule is CC(=O)NC1CCCN(C(=O)C2(CN)CCC2)C1. The highest BCUT2D eigenvalue weighted by atomic mass is 16.2. The third-order valence-corrected chi connectivity index (χ3v) is 4.27. The summed E-state index contributed by atoms with van der Waals surface area (Å²) in [6.07, 6.45) is 4.86. The van der Waals surface area contributed by atoms with Gasteiger partial charge in [-0.2, -0.15) is 0 Å². The summed E-state index contributed by atoms with van der Waals surface area (Å²) in [5, 5.41) is 2.91. The molecule has 1 aliphatic carbocycles. The van der Waals surface area contributed by atoms with Crippen molar-refractivity contribution >= 4 is 11.8 Å². The number of piperidine rings is 1. The van der Waals surface area contributed by atoms with Crippen molar-refractivity contribution in [3.8, 4) is 0 Å². The van der Waals surface area contributed by atoms with Crippen LogP contribution >= 0.6 is 0 Å². The van der Waals surface area contributed by atoms with Crippen molar-refractivity contribution in [1.29, 1.82) is 0 Å². The zero-order chi connectivity index (χ0) is 13.2. The Morgan fingerprint density at radius 1 is 1.39 bits per heavy atom. The van der Waals surface area contributed by atoms with Gasteiger partial charge in [0.25, 0.3) is 0 Å². The first kappa shape index (κ1) is 13.3. The normalized spacial score (nSPS) is 26.3. The topological polar surface area (TPSA) is 75.4 Å². The first-order chi connectivity index (χ1) is 8.57. The van der Waals surface area contributed by atoms with Gasteiger partial charge >= 0.3 is 0 Å². The number of nitrogens with one attached hydrogen (secondary N) is 1. The number of nitrogens with two attached hydrogens (primary N) is 1. The molecule has 1 atom stereocenters. The van der Waals surface area contributed by atoms with Gasteiger partial charge in [0.1, 0.15) is 0 Å². The maximum absolute atomic E-state index is 12.5. The molecule has 0 radical (unpaired) electrons. The molecule has 3 N–H and O–H groups in total. The molecule has 18 heavy (non-hydrogen) atoms. The molecule has 1 heterocycles. The minimum absolute atomic E-state index is 0.0218. The number of likely N-dealkylation sites (tertiary alicyclic amines) is 1. The zero-order valence-corrected chi connectivity index (χ0v) is 11.1. The second-order valence-electron chi connectivity index (χ2n) is 5.63. The van der Waals surface area contributed by atoms with E-state index in [1.165, 1.54) is 6.92 Å². The van der Waals surface area contributed by atoms with E-state index in [1.54, 1.807) is 0 Å². The predicted octanol–water partition coefficient (Wildman–Crippen LogP) is 0.243. The van der Waals surface area contributed by atoms with Crippen LogP contribution in [0.3, 0.4) is 0 Å². The van der Waals surface area contributed by atoms with E-state index in [1.807, 2.05) is 4.90 Å². The minimum Gasteiger partial charge on any atom is -0.352 e. The second kappa shape index (κ2) is 5.26. The van der Waals surface area contributed by atoms with E-state index in [0.29, 0.717) is 13.1 Å². The van der Waals surface area contributed by atoms with Crippen molar-refractivity contribution in [3.05, 3.63) is 0 Å². The van der Waals surface area contributed by atoms with Crippen LogP contribution in [0, 0.1) is 5.41 Å². The van der Waals surface area contributed by atoms with Crippen LogP contribution in [0.5, 0.6) is 0 Å². The molecule has 0 aromatic rings. The number of rotatable bonds is 3. The maximum atomic E-state index is 12.5. The molecule has 0 bridgehead atoms. The highest BCUT2D eigenvalue weighted by molar-refractivity contribution is 5.84. The van der Waals surface area contributed by atoms with Crippen LogP contribution in [0.4, 0.5) is 0 Å². The van der Waals surface area contributed by atoms with Gasteiger partial charge in [0.2, 0.25) is 11.8 Å². The molecule has 5 nitrogen and oxygen atoms in total. The summed E-state index contributed by atoms with van der Waals surface area (Å²) in [4.78, 5) is 25.5. The van der Waals surface area contributed by atoms with Crippen molar-refractivity contribution in [3.63, 3.8) is 0 Å². The molecule has 102 valence electrons. The summed E-state index contributed by atoms with van der Waals surface area (Å²) in [6, 6.07) is 0.107. The van der Waals surface area contributed by atoms with Gasteiger partial charge < -0.3 is 16.0 Å². The first-order valence-electron chi connectivity index (χ1n) is 6.84. The Labute approximate surface area is 108 Å². The lowest BCUT2D eigenvalue weighted by atomic mass is 9.67. The summed E-state index contributed by atoms with van der Waals surface area (Å²) in [5.74, 6) is 0.179. The van der Waals surface area contributed by atoms with Crippen LogP contribution in [0.1, 0.15) is 39.0 Å². The molecule has 0 aromatic heterocycles. The van der Waals surface area contributed by atoms with E-state index in [4.69, 9.17) is 5.73 Å². The fraction of sp³-hybridized carbons (Fsp3) is 0.846. The third kappa shape index (κ3) is 2.51. The lowest BCUT2D eigenvalue weighted by Gasteiger charge is -2.45. The quantitative estimate of drug-likeness (QED) is 0.756. The van der Waals surface area contributed by atoms with E-state index in [2.05, 4.69) is 5.32 Å². The molecule has 1 saturated carbocycles. The molecule has 0 spiro atoms. The Bertz CT molecular complexity index is 334. The minimum atomic E-state index is -0.294. The van der Waals surface area contributed by atoms with Crippen LogP contribution in [0.25, 0.3) is 0 Å². The van der Waals surface area contributed by atoms with Gasteiger partial charge in [-0.15, -0.1) is 0 Å². The van der Waals surface area contributed by atoms with Crippen molar-refractivity contribution in [2.24, 2.45) is 11.1 Å². The number of amides is 2. The summed E-state index contributed by atoms with van der Waals surface area (Å²) >= 11 is 0. The largest absolute Gasteiger partial charge is 0.352 e. The Kier molecular flexibility index (Phi) is 3.90. The van der Waals surface area contributed by atoms with Crippen LogP contribution in [-0.2, 0) is 9.59 Å². The number of hydrogen-bond acceptors (Lipinski definition) is 3. The smallest absolute Gasteiger partial charge is 0.230 e. The Hall–Kier alpha value is -1.10. The van der Waals surface area contributed by atoms with Gasteiger partial charge in [-0.3, -0.25) is 9.59 Å². The Morgan fingerprint density at radius 2 is 2.11 bits per heavy atom. The van der Waals surface area contributed by atoms with Gasteiger partial charge in [-0.25, -0.2) is 0 Å². The average molecular weight is 253 g/mol. The molecule has 2 rings (SSSR count). The molecule has 1 aliphatic heterocycles. The van der Waals surface area contributed by atoms with Crippen LogP contribution in [0.2, 0.25) is 0 Å². The molecule has 2 fully saturated rings. The van der Waals surface area contributed by atoms with E-state index < -0.39 is 0 Å². The van der Waals surface area contributed by atoms with Crippen molar-refractivity contribution in [2.45, 2.75) is 45.1 Å². The summed E-state index contributed by atoms with van der Waals surface area (Å²) in [7, 11) is 0. The van der Waals surface area contributed by atoms with Crippen molar-refractivity contribution in [1.82, 2.24) is 10.2 Å². The van der Waals surface area contributed by atoms with E-state index in [-0.39, 0.29) is 23.3 Å². The number of carbonyl (C=O) groups excluding carboxylic acids is 2. The lowest BCUT2D eigenvalue weighted by Crippen LogP contribution is -2.57. The lowest BCUT2D eigenvalue weighted by molar-refractivity contribution is -0.148. The van der Waals surface area contributed by atoms with Crippen molar-refractivity contribution in [2.75, 3.05) is 19.6 Å². The highest BCUT2D eigenvalue weighted by Crippen LogP contribution is 2.41. The van der Waals surface area contributed by atoms with Gasteiger partial charge in [-0.05, 0) is 25.7 Å². The molecule has 1 unspecified atom stereocenters. The van der Waals surface area contributed by atoms with Crippen molar-refractivity contribution < 1.29 is 9.59 Å². The fourth-order valence-electron chi connectivity index (χ4n) is 3.01. The Balaban J connectivity index is 1.96. The van der Waals surface area contributed by atoms with Crippen LogP contribution in [0.15, 0.2) is 0 Å². The number of hydrogen-bond donors (Lipinski definition) is 2. The van der Waals surface area contributed by atoms with Gasteiger partial charge in [0.15, 0.2) is 0 Å². The van der Waals surface area contributed by atoms with E-state index in [0.717, 1.165) is 38.6 Å². The molecule has 0 aromatic carbocycles. The predicted molar refractivity (Wildman–Crippen MR) is 68.8 cm³/mol. The monoisotopic (exact) mass is 253 g/mol. The fourth-order valence-corrected chi connectivity index (χ4v) is 3.01. The Morgan fingerprint density at radius 3 is 2.61 bits per heavy atom. The zero-order valence-electron chi connectivity index (χ0n) is 11.1. The van der Waals surface area contributed by atoms with Crippen LogP contribution in [-0.4, -0.2) is 42.4 Å². The molecule has 1 saturated heterocycles. The average Bonchev–Trinajstić information content (AvgIpc) is 2.27. The highest BCUT2D eigenvalue weighted by Gasteiger charge is 2.45. The van der Waals surface area contributed by atoms with Gasteiger partial charge in [0.05, 0.1) is 5.41 Å². The second-order valence-corrected chi connectivity index (χ2v) is 5.63. The first-order valence-corrected chi connectivity index (χ1v) is 6.84. The molecule has 2 amide bonds. The standard InChI is InChI=1S/C13H23N3O2/c1-10(17)15-11-4-2-7-16(8-11)12(18)13(9-14)5-3-6-13/h11H,2-9,14H2,1H3,(H,15,17). The summed E-state index contributed by atoms with van der Waals surface area (Å²) in [5.41, 5.74) is 5.48. The summed E-state index contributed by atoms with van der Waals surface area (Å²) in [6.45, 7) is 3.41.